The molecule has 0 radical (unpaired) electrons. The van der Waals surface area contributed by atoms with Gasteiger partial charge in [-0.15, -0.1) is 11.3 Å². The number of benzene rings is 2. The number of nitrogens with one attached hydrogen (secondary N) is 2. The second kappa shape index (κ2) is 7.33. The van der Waals surface area contributed by atoms with E-state index in [1.54, 1.807) is 17.8 Å². The largest absolute Gasteiger partial charge is 0.347 e. The van der Waals surface area contributed by atoms with Gasteiger partial charge in [-0.1, -0.05) is 42.5 Å². The van der Waals surface area contributed by atoms with Crippen molar-refractivity contribution in [1.82, 2.24) is 15.3 Å². The van der Waals surface area contributed by atoms with Crippen LogP contribution < -0.4 is 10.6 Å². The quantitative estimate of drug-likeness (QED) is 0.555. The van der Waals surface area contributed by atoms with Crippen LogP contribution in [0.2, 0.25) is 0 Å². The van der Waals surface area contributed by atoms with Gasteiger partial charge in [0.25, 0.3) is 5.91 Å². The summed E-state index contributed by atoms with van der Waals surface area (Å²) in [6.45, 7) is 0.427. The Kier molecular flexibility index (Phi) is 4.57. The molecular weight excluding hydrogens is 344 g/mol. The molecule has 0 saturated carbocycles. The molecule has 26 heavy (non-hydrogen) atoms. The van der Waals surface area contributed by atoms with E-state index >= 15 is 0 Å². The monoisotopic (exact) mass is 360 g/mol. The van der Waals surface area contributed by atoms with E-state index < -0.39 is 0 Å². The Morgan fingerprint density at radius 2 is 1.92 bits per heavy atom. The zero-order valence-electron chi connectivity index (χ0n) is 13.8. The van der Waals surface area contributed by atoms with Gasteiger partial charge in [-0.25, -0.2) is 4.98 Å². The lowest BCUT2D eigenvalue weighted by Gasteiger charge is -2.07. The van der Waals surface area contributed by atoms with Gasteiger partial charge >= 0.3 is 0 Å². The molecule has 0 aliphatic carbocycles. The summed E-state index contributed by atoms with van der Waals surface area (Å²) >= 11 is 1.41. The minimum atomic E-state index is -0.198. The van der Waals surface area contributed by atoms with Gasteiger partial charge in [-0.3, -0.25) is 9.78 Å². The number of rotatable bonds is 5. The van der Waals surface area contributed by atoms with Gasteiger partial charge in [0.05, 0.1) is 0 Å². The molecular formula is C20H16N4OS. The predicted octanol–water partition coefficient (Wildman–Crippen LogP) is 4.36. The highest BCUT2D eigenvalue weighted by molar-refractivity contribution is 7.14. The highest BCUT2D eigenvalue weighted by Gasteiger charge is 2.11. The summed E-state index contributed by atoms with van der Waals surface area (Å²) in [6, 6.07) is 18.0. The molecule has 5 nitrogen and oxygen atoms in total. The number of hydrogen-bond acceptors (Lipinski definition) is 5. The predicted molar refractivity (Wildman–Crippen MR) is 105 cm³/mol. The van der Waals surface area contributed by atoms with Crippen LogP contribution >= 0.6 is 11.3 Å². The second-order valence-corrected chi connectivity index (χ2v) is 6.59. The van der Waals surface area contributed by atoms with Crippen LogP contribution in [0.4, 0.5) is 10.8 Å². The fraction of sp³-hybridized carbons (Fsp3) is 0.0500. The molecule has 0 saturated heterocycles. The SMILES string of the molecule is O=C(NCc1cccnc1)c1csc(Nc2cccc3ccccc23)n1. The van der Waals surface area contributed by atoms with Gasteiger partial charge in [0.2, 0.25) is 0 Å². The van der Waals surface area contributed by atoms with Crippen LogP contribution in [0.5, 0.6) is 0 Å². The molecule has 1 amide bonds. The fourth-order valence-electron chi connectivity index (χ4n) is 2.66. The summed E-state index contributed by atoms with van der Waals surface area (Å²) < 4.78 is 0. The minimum absolute atomic E-state index is 0.198. The van der Waals surface area contributed by atoms with Crippen molar-refractivity contribution in [1.29, 1.82) is 0 Å². The molecule has 2 aromatic heterocycles. The third kappa shape index (κ3) is 3.55. The van der Waals surface area contributed by atoms with Crippen molar-refractivity contribution in [3.63, 3.8) is 0 Å². The highest BCUT2D eigenvalue weighted by Crippen LogP contribution is 2.27. The Bertz CT molecular complexity index is 1040. The van der Waals surface area contributed by atoms with E-state index in [1.807, 2.05) is 36.4 Å². The summed E-state index contributed by atoms with van der Waals surface area (Å²) in [5.41, 5.74) is 2.33. The van der Waals surface area contributed by atoms with Gasteiger partial charge < -0.3 is 10.6 Å². The molecule has 0 aliphatic rings. The molecule has 0 unspecified atom stereocenters. The van der Waals surface area contributed by atoms with Crippen LogP contribution in [0.25, 0.3) is 10.8 Å². The third-order valence-electron chi connectivity index (χ3n) is 3.94. The second-order valence-electron chi connectivity index (χ2n) is 5.73. The number of thiazole rings is 1. The van der Waals surface area contributed by atoms with Gasteiger partial charge in [-0.2, -0.15) is 0 Å². The van der Waals surface area contributed by atoms with Crippen molar-refractivity contribution < 1.29 is 4.79 Å². The van der Waals surface area contributed by atoms with Crippen LogP contribution in [0.3, 0.4) is 0 Å². The highest BCUT2D eigenvalue weighted by atomic mass is 32.1. The Morgan fingerprint density at radius 1 is 1.04 bits per heavy atom. The third-order valence-corrected chi connectivity index (χ3v) is 4.70. The van der Waals surface area contributed by atoms with Crippen molar-refractivity contribution in [3.05, 3.63) is 83.6 Å². The number of amides is 1. The lowest BCUT2D eigenvalue weighted by molar-refractivity contribution is 0.0946. The molecule has 2 N–H and O–H groups in total. The average Bonchev–Trinajstić information content (AvgIpc) is 3.16. The summed E-state index contributed by atoms with van der Waals surface area (Å²) in [5, 5.41) is 10.9. The van der Waals surface area contributed by atoms with Crippen LogP contribution in [0.1, 0.15) is 16.1 Å². The number of hydrogen-bond donors (Lipinski definition) is 2. The first-order valence-electron chi connectivity index (χ1n) is 8.17. The first kappa shape index (κ1) is 16.2. The molecule has 0 atom stereocenters. The van der Waals surface area contributed by atoms with Gasteiger partial charge in [0.1, 0.15) is 5.69 Å². The van der Waals surface area contributed by atoms with Crippen molar-refractivity contribution in [2.75, 3.05) is 5.32 Å². The van der Waals surface area contributed by atoms with E-state index in [0.717, 1.165) is 22.0 Å². The number of anilines is 2. The van der Waals surface area contributed by atoms with Crippen molar-refractivity contribution in [3.8, 4) is 0 Å². The molecule has 0 bridgehead atoms. The van der Waals surface area contributed by atoms with E-state index in [0.29, 0.717) is 17.4 Å². The van der Waals surface area contributed by atoms with E-state index in [1.165, 1.54) is 11.3 Å². The number of nitrogens with zero attached hydrogens (tertiary/aromatic N) is 2. The standard InChI is InChI=1S/C20H16N4OS/c25-19(22-12-14-5-4-10-21-11-14)18-13-26-20(24-18)23-17-9-3-7-15-6-1-2-8-16(15)17/h1-11,13H,12H2,(H,22,25)(H,23,24). The molecule has 4 rings (SSSR count). The maximum Gasteiger partial charge on any atom is 0.271 e. The number of carbonyl (C=O) groups excluding carboxylic acids is 1. The zero-order valence-corrected chi connectivity index (χ0v) is 14.7. The molecule has 0 fully saturated rings. The normalized spacial score (nSPS) is 10.6. The summed E-state index contributed by atoms with van der Waals surface area (Å²) in [6.07, 6.45) is 3.44. The lowest BCUT2D eigenvalue weighted by Crippen LogP contribution is -2.23. The maximum absolute atomic E-state index is 12.3. The van der Waals surface area contributed by atoms with Crippen molar-refractivity contribution in [2.45, 2.75) is 6.54 Å². The van der Waals surface area contributed by atoms with E-state index in [4.69, 9.17) is 0 Å². The molecule has 2 aromatic carbocycles. The molecule has 6 heteroatoms. The van der Waals surface area contributed by atoms with Crippen molar-refractivity contribution >= 4 is 38.8 Å². The van der Waals surface area contributed by atoms with Gasteiger partial charge in [-0.05, 0) is 23.1 Å². The number of fused-ring (bicyclic) bond motifs is 1. The first-order chi connectivity index (χ1) is 12.8. The Labute approximate surface area is 154 Å². The maximum atomic E-state index is 12.3. The van der Waals surface area contributed by atoms with E-state index in [-0.39, 0.29) is 5.91 Å². The summed E-state index contributed by atoms with van der Waals surface area (Å²) in [5.74, 6) is -0.198. The topological polar surface area (TPSA) is 66.9 Å². The Balaban J connectivity index is 1.46. The molecule has 0 aliphatic heterocycles. The number of pyridine rings is 1. The summed E-state index contributed by atoms with van der Waals surface area (Å²) in [7, 11) is 0. The van der Waals surface area contributed by atoms with Gasteiger partial charge in [0, 0.05) is 35.4 Å². The Hall–Kier alpha value is -3.25. The van der Waals surface area contributed by atoms with Crippen LogP contribution in [-0.4, -0.2) is 15.9 Å². The molecule has 2 heterocycles. The van der Waals surface area contributed by atoms with Gasteiger partial charge in [0.15, 0.2) is 5.13 Å². The Morgan fingerprint density at radius 3 is 2.81 bits per heavy atom. The zero-order chi connectivity index (χ0) is 17.8. The first-order valence-corrected chi connectivity index (χ1v) is 9.05. The minimum Gasteiger partial charge on any atom is -0.347 e. The number of aromatic nitrogens is 2. The van der Waals surface area contributed by atoms with E-state index in [2.05, 4.69) is 38.8 Å². The lowest BCUT2D eigenvalue weighted by atomic mass is 10.1. The summed E-state index contributed by atoms with van der Waals surface area (Å²) in [4.78, 5) is 20.7. The molecule has 128 valence electrons. The fourth-order valence-corrected chi connectivity index (χ4v) is 3.36. The molecule has 0 spiro atoms. The average molecular weight is 360 g/mol. The smallest absolute Gasteiger partial charge is 0.271 e. The van der Waals surface area contributed by atoms with Crippen LogP contribution in [-0.2, 0) is 6.54 Å². The van der Waals surface area contributed by atoms with Crippen LogP contribution in [0.15, 0.2) is 72.4 Å². The van der Waals surface area contributed by atoms with E-state index in [9.17, 15) is 4.79 Å². The van der Waals surface area contributed by atoms with Crippen LogP contribution in [0, 0.1) is 0 Å². The molecule has 4 aromatic rings. The number of carbonyl (C=O) groups is 1. The van der Waals surface area contributed by atoms with Crippen molar-refractivity contribution in [2.24, 2.45) is 0 Å².